The van der Waals surface area contributed by atoms with Crippen LogP contribution in [0.2, 0.25) is 10.0 Å². The van der Waals surface area contributed by atoms with Crippen LogP contribution >= 0.6 is 35.0 Å². The summed E-state index contributed by atoms with van der Waals surface area (Å²) in [6.45, 7) is 2.88. The van der Waals surface area contributed by atoms with E-state index in [2.05, 4.69) is 5.10 Å². The van der Waals surface area contributed by atoms with Gasteiger partial charge in [0, 0.05) is 55.7 Å². The molecule has 0 spiro atoms. The molecule has 0 atom stereocenters. The highest BCUT2D eigenvalue weighted by Gasteiger charge is 2.27. The van der Waals surface area contributed by atoms with Gasteiger partial charge in [0.15, 0.2) is 0 Å². The molecule has 1 aliphatic rings. The lowest BCUT2D eigenvalue weighted by atomic mass is 10.1. The second-order valence-electron chi connectivity index (χ2n) is 9.92. The van der Waals surface area contributed by atoms with Gasteiger partial charge in [-0.1, -0.05) is 41.4 Å². The molecule has 0 fully saturated rings. The third kappa shape index (κ3) is 7.49. The van der Waals surface area contributed by atoms with E-state index < -0.39 is 22.0 Å². The summed E-state index contributed by atoms with van der Waals surface area (Å²) in [5.41, 5.74) is 4.06. The Labute approximate surface area is 269 Å². The Morgan fingerprint density at radius 2 is 1.86 bits per heavy atom. The van der Waals surface area contributed by atoms with E-state index in [0.29, 0.717) is 33.7 Å². The third-order valence-corrected chi connectivity index (χ3v) is 9.15. The number of carbonyl (C=O) groups excluding carboxylic acids is 2. The number of halogens is 2. The minimum Gasteiger partial charge on any atom is -0.490 e. The zero-order chi connectivity index (χ0) is 31.4. The molecule has 1 aromatic heterocycles. The van der Waals surface area contributed by atoms with Crippen molar-refractivity contribution in [3.63, 3.8) is 0 Å². The van der Waals surface area contributed by atoms with Crippen molar-refractivity contribution in [3.05, 3.63) is 93.7 Å². The van der Waals surface area contributed by atoms with Crippen LogP contribution in [0, 0.1) is 6.92 Å². The molecule has 0 unspecified atom stereocenters. The molecule has 4 aromatic rings. The molecule has 10 nitrogen and oxygen atoms in total. The summed E-state index contributed by atoms with van der Waals surface area (Å²) in [4.78, 5) is 27.9. The van der Waals surface area contributed by atoms with Gasteiger partial charge in [0.05, 0.1) is 24.7 Å². The molecule has 2 heterocycles. The Kier molecular flexibility index (Phi) is 9.74. The lowest BCUT2D eigenvalue weighted by Gasteiger charge is -2.29. The highest BCUT2D eigenvalue weighted by atomic mass is 35.5. The Balaban J connectivity index is 1.27. The number of amides is 2. The van der Waals surface area contributed by atoms with Gasteiger partial charge in [-0.15, -0.1) is 11.8 Å². The molecule has 2 amide bonds. The first-order valence-electron chi connectivity index (χ1n) is 13.4. The number of nitrogens with zero attached hydrogens (tertiary/aromatic N) is 3. The number of carbonyl (C=O) groups is 2. The molecular formula is C30H28Cl2N4O6S2. The maximum absolute atomic E-state index is 13.1. The predicted molar refractivity (Wildman–Crippen MR) is 172 cm³/mol. The molecule has 3 aromatic carbocycles. The molecule has 0 radical (unpaired) electrons. The van der Waals surface area contributed by atoms with Gasteiger partial charge in [-0.2, -0.15) is 5.10 Å². The van der Waals surface area contributed by atoms with Crippen LogP contribution in [0.15, 0.2) is 71.9 Å². The smallest absolute Gasteiger partial charge is 0.414 e. The van der Waals surface area contributed by atoms with Crippen LogP contribution in [0.25, 0.3) is 11.1 Å². The number of aromatic nitrogens is 2. The fourth-order valence-electron chi connectivity index (χ4n) is 4.60. The maximum Gasteiger partial charge on any atom is 0.414 e. The van der Waals surface area contributed by atoms with E-state index >= 15 is 0 Å². The first-order valence-corrected chi connectivity index (χ1v) is 17.0. The van der Waals surface area contributed by atoms with Crippen molar-refractivity contribution in [2.45, 2.75) is 18.4 Å². The van der Waals surface area contributed by atoms with Crippen LogP contribution in [0.4, 0.5) is 10.5 Å². The summed E-state index contributed by atoms with van der Waals surface area (Å²) in [7, 11) is -3.71. The van der Waals surface area contributed by atoms with Crippen molar-refractivity contribution >= 4 is 62.7 Å². The zero-order valence-electron chi connectivity index (χ0n) is 23.7. The zero-order valence-corrected chi connectivity index (χ0v) is 26.9. The summed E-state index contributed by atoms with van der Waals surface area (Å²) < 4.78 is 37.9. The lowest BCUT2D eigenvalue weighted by molar-refractivity contribution is 0.0981. The van der Waals surface area contributed by atoms with Gasteiger partial charge in [-0.25, -0.2) is 17.9 Å². The molecule has 0 aliphatic carbocycles. The predicted octanol–water partition coefficient (Wildman–Crippen LogP) is 6.03. The van der Waals surface area contributed by atoms with Crippen LogP contribution in [0.3, 0.4) is 0 Å². The van der Waals surface area contributed by atoms with E-state index in [1.807, 2.05) is 42.1 Å². The fourth-order valence-corrected chi connectivity index (χ4v) is 6.54. The first-order chi connectivity index (χ1) is 21.0. The summed E-state index contributed by atoms with van der Waals surface area (Å²) in [5, 5.41) is 5.50. The Morgan fingerprint density at radius 3 is 2.66 bits per heavy atom. The van der Waals surface area contributed by atoms with E-state index in [9.17, 15) is 18.0 Å². The molecule has 44 heavy (non-hydrogen) atoms. The fraction of sp³-hybridized carbons (Fsp3) is 0.233. The van der Waals surface area contributed by atoms with Crippen molar-refractivity contribution in [2.75, 3.05) is 36.7 Å². The number of hydrogen-bond donors (Lipinski definition) is 1. The second-order valence-corrected chi connectivity index (χ2v) is 13.6. The van der Waals surface area contributed by atoms with Crippen molar-refractivity contribution in [3.8, 4) is 16.9 Å². The summed E-state index contributed by atoms with van der Waals surface area (Å²) >= 11 is 14.2. The number of hydrogen-bond acceptors (Lipinski definition) is 8. The van der Waals surface area contributed by atoms with Crippen LogP contribution in [0.5, 0.6) is 5.75 Å². The molecular weight excluding hydrogens is 647 g/mol. The van der Waals surface area contributed by atoms with Gasteiger partial charge in [-0.3, -0.25) is 14.4 Å². The lowest BCUT2D eigenvalue weighted by Crippen LogP contribution is -2.36. The van der Waals surface area contributed by atoms with Crippen LogP contribution in [-0.4, -0.2) is 62.0 Å². The molecule has 0 bridgehead atoms. The quantitative estimate of drug-likeness (QED) is 0.214. The molecule has 230 valence electrons. The van der Waals surface area contributed by atoms with E-state index in [4.69, 9.17) is 32.7 Å². The summed E-state index contributed by atoms with van der Waals surface area (Å²) in [6, 6.07) is 15.7. The Hall–Kier alpha value is -3.71. The van der Waals surface area contributed by atoms with Gasteiger partial charge in [0.1, 0.15) is 19.0 Å². The highest BCUT2D eigenvalue weighted by molar-refractivity contribution is 7.99. The number of thioether (sulfide) groups is 1. The van der Waals surface area contributed by atoms with Gasteiger partial charge in [0.2, 0.25) is 10.0 Å². The van der Waals surface area contributed by atoms with Crippen molar-refractivity contribution in [2.24, 2.45) is 0 Å². The minimum atomic E-state index is -3.71. The van der Waals surface area contributed by atoms with Crippen LogP contribution < -0.4 is 14.4 Å². The van der Waals surface area contributed by atoms with Crippen molar-refractivity contribution < 1.29 is 27.5 Å². The van der Waals surface area contributed by atoms with Crippen molar-refractivity contribution in [1.82, 2.24) is 14.5 Å². The van der Waals surface area contributed by atoms with E-state index in [-0.39, 0.29) is 25.3 Å². The number of benzene rings is 3. The average Bonchev–Trinajstić information content (AvgIpc) is 3.45. The third-order valence-electron chi connectivity index (χ3n) is 6.71. The second kappa shape index (κ2) is 13.5. The molecule has 14 heteroatoms. The normalized spacial score (nSPS) is 12.9. The number of anilines is 1. The number of fused-ring (bicyclic) bond motifs is 1. The average molecular weight is 676 g/mol. The minimum absolute atomic E-state index is 0.0793. The molecule has 5 rings (SSSR count). The maximum atomic E-state index is 13.1. The standard InChI is InChI=1S/C30H28Cl2N4O6S2/c1-19-24(31)6-4-8-27(19)41-12-13-42-30(38)36-11-14-43-28-23(5-3-7-26(28)36)22-16-33-35(18-22)17-21-15-20(9-10-25(21)32)29(37)34-44(2,39)40/h3-10,15-16,18H,11-14,17H2,1-2H3,(H,34,37). The summed E-state index contributed by atoms with van der Waals surface area (Å²) in [6.07, 6.45) is 4.02. The van der Waals surface area contributed by atoms with Gasteiger partial charge in [0.25, 0.3) is 5.91 Å². The summed E-state index contributed by atoms with van der Waals surface area (Å²) in [5.74, 6) is 0.584. The number of rotatable bonds is 9. The van der Waals surface area contributed by atoms with Gasteiger partial charge >= 0.3 is 6.09 Å². The Bertz CT molecular complexity index is 1830. The van der Waals surface area contributed by atoms with Crippen LogP contribution in [-0.2, 0) is 21.3 Å². The first kappa shape index (κ1) is 31.7. The van der Waals surface area contributed by atoms with E-state index in [0.717, 1.165) is 33.5 Å². The number of sulfonamides is 1. The molecule has 0 saturated carbocycles. The SMILES string of the molecule is Cc1c(Cl)cccc1OCCOC(=O)N1CCSc2c(-c3cnn(Cc4cc(C(=O)NS(C)(=O)=O)ccc4Cl)c3)cccc21. The van der Waals surface area contributed by atoms with E-state index in [1.165, 1.54) is 12.1 Å². The highest BCUT2D eigenvalue weighted by Crippen LogP contribution is 2.42. The molecule has 1 N–H and O–H groups in total. The topological polar surface area (TPSA) is 120 Å². The monoisotopic (exact) mass is 674 g/mol. The molecule has 1 aliphatic heterocycles. The largest absolute Gasteiger partial charge is 0.490 e. The van der Waals surface area contributed by atoms with Gasteiger partial charge in [-0.05, 0) is 48.9 Å². The van der Waals surface area contributed by atoms with Gasteiger partial charge < -0.3 is 9.47 Å². The van der Waals surface area contributed by atoms with Crippen molar-refractivity contribution in [1.29, 1.82) is 0 Å². The Morgan fingerprint density at radius 1 is 1.07 bits per heavy atom. The number of ether oxygens (including phenoxy) is 2. The molecule has 0 saturated heterocycles. The van der Waals surface area contributed by atoms with E-state index in [1.54, 1.807) is 45.7 Å². The van der Waals surface area contributed by atoms with Crippen LogP contribution in [0.1, 0.15) is 21.5 Å². The number of nitrogens with one attached hydrogen (secondary N) is 1.